The minimum atomic E-state index is -2.71. The van der Waals surface area contributed by atoms with Gasteiger partial charge in [0.1, 0.15) is 11.0 Å². The van der Waals surface area contributed by atoms with E-state index in [0.717, 1.165) is 16.7 Å². The van der Waals surface area contributed by atoms with Crippen molar-refractivity contribution in [3.05, 3.63) is 102 Å². The van der Waals surface area contributed by atoms with Gasteiger partial charge in [-0.2, -0.15) is 0 Å². The van der Waals surface area contributed by atoms with E-state index in [-0.39, 0.29) is 22.8 Å². The molecule has 3 aromatic carbocycles. The zero-order chi connectivity index (χ0) is 29.4. The molecule has 1 fully saturated rings. The molecule has 1 aliphatic carbocycles. The monoisotopic (exact) mass is 585 g/mol. The number of carbonyl (C=O) groups is 1. The summed E-state index contributed by atoms with van der Waals surface area (Å²) in [4.78, 5) is 13.4. The number of fused-ring (bicyclic) bond motifs is 1. The summed E-state index contributed by atoms with van der Waals surface area (Å²) in [5, 5.41) is 2.37. The molecule has 3 atom stereocenters. The highest BCUT2D eigenvalue weighted by atomic mass is 32.2. The predicted octanol–water partition coefficient (Wildman–Crippen LogP) is 6.14. The number of rotatable bonds is 8. The molecule has 3 aromatic rings. The molecule has 0 saturated carbocycles. The highest BCUT2D eigenvalue weighted by molar-refractivity contribution is 7.84. The first-order chi connectivity index (χ1) is 19.4. The molecule has 0 bridgehead atoms. The van der Waals surface area contributed by atoms with Crippen LogP contribution in [0.2, 0.25) is 5.04 Å². The number of carbonyl (C=O) groups excluding carboxylic acids is 1. The minimum absolute atomic E-state index is 0.0990. The van der Waals surface area contributed by atoms with Crippen LogP contribution >= 0.6 is 0 Å². The van der Waals surface area contributed by atoms with Gasteiger partial charge in [0.2, 0.25) is 0 Å². The predicted molar refractivity (Wildman–Crippen MR) is 173 cm³/mol. The molecule has 5 rings (SSSR count). The van der Waals surface area contributed by atoms with Crippen LogP contribution in [0.15, 0.2) is 96.6 Å². The average Bonchev–Trinajstić information content (AvgIpc) is 3.45. The lowest BCUT2D eigenvalue weighted by molar-refractivity contribution is -0.113. The summed E-state index contributed by atoms with van der Waals surface area (Å²) in [5.74, 6) is 0.303. The second kappa shape index (κ2) is 11.6. The number of Topliss-reactive ketones (excluding diaryl/α,β-unsaturated/α-hetero) is 1. The number of benzene rings is 3. The SMILES string of the molecule is CC(C)(C)[S@@](=O)N1C[C@@H]2CC(=O)C(c3ccccc3)=C2[C@H]1CCO[Si](c1ccccc1)(c1ccccc1)C(C)(C)C. The van der Waals surface area contributed by atoms with Crippen LogP contribution in [0.4, 0.5) is 0 Å². The lowest BCUT2D eigenvalue weighted by Gasteiger charge is -2.43. The molecule has 0 aromatic heterocycles. The van der Waals surface area contributed by atoms with E-state index < -0.39 is 24.1 Å². The van der Waals surface area contributed by atoms with E-state index in [4.69, 9.17) is 4.43 Å². The molecule has 2 aliphatic rings. The summed E-state index contributed by atoms with van der Waals surface area (Å²) in [6.45, 7) is 14.1. The van der Waals surface area contributed by atoms with Gasteiger partial charge >= 0.3 is 0 Å². The van der Waals surface area contributed by atoms with Crippen molar-refractivity contribution in [3.8, 4) is 0 Å². The van der Waals surface area contributed by atoms with Crippen molar-refractivity contribution in [1.29, 1.82) is 0 Å². The van der Waals surface area contributed by atoms with Gasteiger partial charge in [0.15, 0.2) is 5.78 Å². The van der Waals surface area contributed by atoms with Crippen LogP contribution in [-0.2, 0) is 20.2 Å². The van der Waals surface area contributed by atoms with Gasteiger partial charge in [-0.25, -0.2) is 8.51 Å². The van der Waals surface area contributed by atoms with E-state index in [1.54, 1.807) is 0 Å². The summed E-state index contributed by atoms with van der Waals surface area (Å²) in [6, 6.07) is 31.3. The summed E-state index contributed by atoms with van der Waals surface area (Å²) >= 11 is 0. The Bertz CT molecular complexity index is 1390. The van der Waals surface area contributed by atoms with Crippen LogP contribution in [0.25, 0.3) is 5.57 Å². The molecule has 1 heterocycles. The number of hydrogen-bond donors (Lipinski definition) is 0. The quantitative estimate of drug-likeness (QED) is 0.298. The van der Waals surface area contributed by atoms with Gasteiger partial charge < -0.3 is 4.43 Å². The molecule has 0 amide bonds. The molecule has 0 radical (unpaired) electrons. The molecule has 1 saturated heterocycles. The average molecular weight is 586 g/mol. The van der Waals surface area contributed by atoms with Crippen molar-refractivity contribution in [2.24, 2.45) is 5.92 Å². The fourth-order valence-electron chi connectivity index (χ4n) is 6.75. The Kier molecular flexibility index (Phi) is 8.41. The van der Waals surface area contributed by atoms with Crippen molar-refractivity contribution in [3.63, 3.8) is 0 Å². The molecular weight excluding hydrogens is 543 g/mol. The third-order valence-electron chi connectivity index (χ3n) is 8.47. The fourth-order valence-corrected chi connectivity index (χ4v) is 12.8. The highest BCUT2D eigenvalue weighted by Crippen LogP contribution is 2.46. The Hall–Kier alpha value is -2.64. The Morgan fingerprint density at radius 1 is 0.829 bits per heavy atom. The molecule has 216 valence electrons. The summed E-state index contributed by atoms with van der Waals surface area (Å²) in [6.07, 6.45) is 1.17. The van der Waals surface area contributed by atoms with Gasteiger partial charge in [-0.3, -0.25) is 4.79 Å². The Morgan fingerprint density at radius 2 is 1.34 bits per heavy atom. The van der Waals surface area contributed by atoms with E-state index in [9.17, 15) is 9.00 Å². The topological polar surface area (TPSA) is 46.6 Å². The van der Waals surface area contributed by atoms with Crippen LogP contribution in [0.5, 0.6) is 0 Å². The second-order valence-electron chi connectivity index (χ2n) is 13.3. The van der Waals surface area contributed by atoms with Crippen molar-refractivity contribution in [2.75, 3.05) is 13.2 Å². The zero-order valence-electron chi connectivity index (χ0n) is 25.2. The molecule has 6 heteroatoms. The highest BCUT2D eigenvalue weighted by Gasteiger charge is 2.52. The van der Waals surface area contributed by atoms with E-state index in [0.29, 0.717) is 26.0 Å². The van der Waals surface area contributed by atoms with Crippen molar-refractivity contribution < 1.29 is 13.4 Å². The Labute approximate surface area is 249 Å². The van der Waals surface area contributed by atoms with E-state index in [1.165, 1.54) is 10.4 Å². The molecule has 0 spiro atoms. The maximum absolute atomic E-state index is 13.9. The van der Waals surface area contributed by atoms with Crippen molar-refractivity contribution in [2.45, 2.75) is 70.2 Å². The van der Waals surface area contributed by atoms with Crippen LogP contribution < -0.4 is 10.4 Å². The Balaban J connectivity index is 1.55. The number of hydrogen-bond acceptors (Lipinski definition) is 3. The lowest BCUT2D eigenvalue weighted by atomic mass is 9.94. The first-order valence-corrected chi connectivity index (χ1v) is 17.7. The second-order valence-corrected chi connectivity index (χ2v) is 19.8. The van der Waals surface area contributed by atoms with E-state index >= 15 is 0 Å². The van der Waals surface area contributed by atoms with Crippen molar-refractivity contribution in [1.82, 2.24) is 4.31 Å². The molecule has 1 aliphatic heterocycles. The van der Waals surface area contributed by atoms with Gasteiger partial charge in [0.05, 0.1) is 4.75 Å². The first-order valence-electron chi connectivity index (χ1n) is 14.7. The van der Waals surface area contributed by atoms with E-state index in [2.05, 4.69) is 85.7 Å². The van der Waals surface area contributed by atoms with Crippen LogP contribution in [-0.4, -0.2) is 46.6 Å². The fraction of sp³-hybridized carbons (Fsp3) is 0.400. The van der Waals surface area contributed by atoms with Gasteiger partial charge in [0, 0.05) is 37.1 Å². The standard InChI is InChI=1S/C35H43NO3SSi/c1-34(2,3)40(38)36-25-27-24-31(37)33(26-16-10-7-11-17-26)32(27)30(36)22-23-39-41(35(4,5)6,28-18-12-8-13-19-28)29-20-14-9-15-21-29/h7-21,27,30H,22-25H2,1-6H3/t27-,30+,40+/m0/s1. The lowest BCUT2D eigenvalue weighted by Crippen LogP contribution is -2.66. The van der Waals surface area contributed by atoms with Crippen molar-refractivity contribution >= 4 is 41.0 Å². The maximum Gasteiger partial charge on any atom is 0.261 e. The molecule has 41 heavy (non-hydrogen) atoms. The number of nitrogens with zero attached hydrogens (tertiary/aromatic N) is 1. The molecule has 0 unspecified atom stereocenters. The van der Waals surface area contributed by atoms with E-state index in [1.807, 2.05) is 51.1 Å². The summed E-state index contributed by atoms with van der Waals surface area (Å²) < 4.78 is 22.9. The normalized spacial score (nSPS) is 20.9. The van der Waals surface area contributed by atoms with Gasteiger partial charge in [-0.15, -0.1) is 0 Å². The third-order valence-corrected chi connectivity index (χ3v) is 15.4. The molecular formula is C35H43NO3SSi. The first kappa shape index (κ1) is 29.8. The molecule has 4 nitrogen and oxygen atoms in total. The van der Waals surface area contributed by atoms with Crippen LogP contribution in [0.3, 0.4) is 0 Å². The van der Waals surface area contributed by atoms with Gasteiger partial charge in [-0.05, 0) is 53.7 Å². The summed E-state index contributed by atoms with van der Waals surface area (Å²) in [5.41, 5.74) is 2.96. The Morgan fingerprint density at radius 3 is 1.83 bits per heavy atom. The van der Waals surface area contributed by atoms with Gasteiger partial charge in [0.25, 0.3) is 8.32 Å². The third kappa shape index (κ3) is 5.60. The number of allylic oxidation sites excluding steroid dienone is 1. The van der Waals surface area contributed by atoms with Crippen LogP contribution in [0, 0.1) is 5.92 Å². The summed E-state index contributed by atoms with van der Waals surface area (Å²) in [7, 11) is -3.92. The van der Waals surface area contributed by atoms with Crippen LogP contribution in [0.1, 0.15) is 59.9 Å². The molecule has 0 N–H and O–H groups in total. The largest absolute Gasteiger partial charge is 0.407 e. The van der Waals surface area contributed by atoms with Gasteiger partial charge in [-0.1, -0.05) is 112 Å². The zero-order valence-corrected chi connectivity index (χ0v) is 27.0. The maximum atomic E-state index is 13.9. The number of ketones is 1. The minimum Gasteiger partial charge on any atom is -0.407 e. The smallest absolute Gasteiger partial charge is 0.261 e.